The molecule has 2 rings (SSSR count). The first-order valence-electron chi connectivity index (χ1n) is 6.72. The van der Waals surface area contributed by atoms with E-state index in [-0.39, 0.29) is 17.2 Å². The van der Waals surface area contributed by atoms with Gasteiger partial charge in [-0.15, -0.1) is 0 Å². The van der Waals surface area contributed by atoms with E-state index in [0.717, 1.165) is 12.1 Å². The molecular weight excluding hydrogens is 279 g/mol. The van der Waals surface area contributed by atoms with Gasteiger partial charge >= 0.3 is 6.09 Å². The summed E-state index contributed by atoms with van der Waals surface area (Å²) in [5.41, 5.74) is 0.0565. The second kappa shape index (κ2) is 6.43. The molecule has 6 nitrogen and oxygen atoms in total. The Kier molecular flexibility index (Phi) is 4.62. The number of carbonyl (C=O) groups is 2. The maximum absolute atomic E-state index is 12.9. The van der Waals surface area contributed by atoms with Crippen molar-refractivity contribution in [1.29, 1.82) is 0 Å². The Balaban J connectivity index is 1.98. The predicted octanol–water partition coefficient (Wildman–Crippen LogP) is 1.45. The van der Waals surface area contributed by atoms with Crippen molar-refractivity contribution in [2.75, 3.05) is 32.8 Å². The van der Waals surface area contributed by atoms with Crippen molar-refractivity contribution in [2.45, 2.75) is 6.92 Å². The van der Waals surface area contributed by atoms with Gasteiger partial charge in [0.2, 0.25) is 0 Å². The van der Waals surface area contributed by atoms with Crippen LogP contribution in [0.5, 0.6) is 5.75 Å². The van der Waals surface area contributed by atoms with Crippen LogP contribution in [0.4, 0.5) is 9.18 Å². The first-order valence-corrected chi connectivity index (χ1v) is 6.72. The standard InChI is InChI=1S/C14H17FN2O4/c1-2-21-14(20)17-7-5-16(6-8-17)13(19)11-4-3-10(15)9-12(11)18/h3-4,9,18H,2,5-8H2,1H3. The molecule has 21 heavy (non-hydrogen) atoms. The van der Waals surface area contributed by atoms with Gasteiger partial charge in [0.1, 0.15) is 11.6 Å². The van der Waals surface area contributed by atoms with E-state index in [4.69, 9.17) is 4.74 Å². The molecule has 0 saturated carbocycles. The van der Waals surface area contributed by atoms with E-state index in [1.807, 2.05) is 0 Å². The van der Waals surface area contributed by atoms with Crippen molar-refractivity contribution in [3.8, 4) is 5.75 Å². The molecule has 114 valence electrons. The maximum atomic E-state index is 12.9. The number of piperazine rings is 1. The molecule has 1 aliphatic rings. The van der Waals surface area contributed by atoms with Crippen LogP contribution in [0.3, 0.4) is 0 Å². The highest BCUT2D eigenvalue weighted by Gasteiger charge is 2.26. The average Bonchev–Trinajstić information content (AvgIpc) is 2.47. The minimum Gasteiger partial charge on any atom is -0.507 e. The Labute approximate surface area is 121 Å². The minimum absolute atomic E-state index is 0.0565. The summed E-state index contributed by atoms with van der Waals surface area (Å²) in [7, 11) is 0. The lowest BCUT2D eigenvalue weighted by Gasteiger charge is -2.34. The predicted molar refractivity (Wildman–Crippen MR) is 72.6 cm³/mol. The number of hydrogen-bond acceptors (Lipinski definition) is 4. The quantitative estimate of drug-likeness (QED) is 0.896. The van der Waals surface area contributed by atoms with Crippen LogP contribution in [0.15, 0.2) is 18.2 Å². The van der Waals surface area contributed by atoms with E-state index in [1.165, 1.54) is 15.9 Å². The number of aromatic hydroxyl groups is 1. The third-order valence-electron chi connectivity index (χ3n) is 3.28. The number of halogens is 1. The second-order valence-corrected chi connectivity index (χ2v) is 4.64. The molecule has 1 aromatic rings. The zero-order chi connectivity index (χ0) is 15.4. The number of phenolic OH excluding ortho intramolecular Hbond substituents is 1. The van der Waals surface area contributed by atoms with Crippen molar-refractivity contribution >= 4 is 12.0 Å². The van der Waals surface area contributed by atoms with Gasteiger partial charge in [-0.25, -0.2) is 9.18 Å². The lowest BCUT2D eigenvalue weighted by molar-refractivity contribution is 0.0568. The molecule has 7 heteroatoms. The fourth-order valence-corrected chi connectivity index (χ4v) is 2.16. The van der Waals surface area contributed by atoms with E-state index in [2.05, 4.69) is 0 Å². The number of benzene rings is 1. The van der Waals surface area contributed by atoms with Gasteiger partial charge in [0.05, 0.1) is 12.2 Å². The molecule has 0 bridgehead atoms. The Morgan fingerprint density at radius 3 is 2.43 bits per heavy atom. The van der Waals surface area contributed by atoms with Crippen molar-refractivity contribution in [3.05, 3.63) is 29.6 Å². The molecule has 1 aromatic carbocycles. The molecule has 1 fully saturated rings. The molecule has 0 spiro atoms. The largest absolute Gasteiger partial charge is 0.507 e. The highest BCUT2D eigenvalue weighted by atomic mass is 19.1. The molecule has 1 heterocycles. The van der Waals surface area contributed by atoms with E-state index in [0.29, 0.717) is 32.8 Å². The van der Waals surface area contributed by atoms with E-state index >= 15 is 0 Å². The zero-order valence-electron chi connectivity index (χ0n) is 11.7. The van der Waals surface area contributed by atoms with Crippen LogP contribution in [0.25, 0.3) is 0 Å². The van der Waals surface area contributed by atoms with Crippen LogP contribution in [0.2, 0.25) is 0 Å². The normalized spacial score (nSPS) is 15.0. The topological polar surface area (TPSA) is 70.1 Å². The van der Waals surface area contributed by atoms with Crippen LogP contribution < -0.4 is 0 Å². The Bertz CT molecular complexity index is 542. The lowest BCUT2D eigenvalue weighted by Crippen LogP contribution is -2.50. The summed E-state index contributed by atoms with van der Waals surface area (Å²) in [5, 5.41) is 9.63. The van der Waals surface area contributed by atoms with Crippen LogP contribution in [-0.2, 0) is 4.74 Å². The van der Waals surface area contributed by atoms with Gasteiger partial charge in [-0.2, -0.15) is 0 Å². The number of carbonyl (C=O) groups excluding carboxylic acids is 2. The SMILES string of the molecule is CCOC(=O)N1CCN(C(=O)c2ccc(F)cc2O)CC1. The summed E-state index contributed by atoms with van der Waals surface area (Å²) in [6.07, 6.45) is -0.394. The first-order chi connectivity index (χ1) is 10.0. The smallest absolute Gasteiger partial charge is 0.409 e. The number of ether oxygens (including phenoxy) is 1. The van der Waals surface area contributed by atoms with Gasteiger partial charge in [0, 0.05) is 32.2 Å². The zero-order valence-corrected chi connectivity index (χ0v) is 11.7. The summed E-state index contributed by atoms with van der Waals surface area (Å²) < 4.78 is 17.8. The highest BCUT2D eigenvalue weighted by Crippen LogP contribution is 2.20. The number of rotatable bonds is 2. The number of nitrogens with zero attached hydrogens (tertiary/aromatic N) is 2. The van der Waals surface area contributed by atoms with Crippen molar-refractivity contribution in [2.24, 2.45) is 0 Å². The van der Waals surface area contributed by atoms with Gasteiger partial charge in [0.25, 0.3) is 5.91 Å². The van der Waals surface area contributed by atoms with Crippen molar-refractivity contribution in [1.82, 2.24) is 9.80 Å². The molecule has 0 radical (unpaired) electrons. The maximum Gasteiger partial charge on any atom is 0.409 e. The van der Waals surface area contributed by atoms with Crippen molar-refractivity contribution < 1.29 is 23.8 Å². The molecule has 0 aliphatic carbocycles. The van der Waals surface area contributed by atoms with Gasteiger partial charge in [-0.05, 0) is 19.1 Å². The second-order valence-electron chi connectivity index (χ2n) is 4.64. The van der Waals surface area contributed by atoms with Gasteiger partial charge in [-0.1, -0.05) is 0 Å². The van der Waals surface area contributed by atoms with Gasteiger partial charge < -0.3 is 19.6 Å². The molecule has 1 aliphatic heterocycles. The lowest BCUT2D eigenvalue weighted by atomic mass is 10.1. The Hall–Kier alpha value is -2.31. The van der Waals surface area contributed by atoms with E-state index < -0.39 is 11.9 Å². The minimum atomic E-state index is -0.601. The summed E-state index contributed by atoms with van der Waals surface area (Å²) in [5.74, 6) is -1.36. The van der Waals surface area contributed by atoms with Gasteiger partial charge in [0.15, 0.2) is 0 Å². The molecule has 0 unspecified atom stereocenters. The van der Waals surface area contributed by atoms with E-state index in [9.17, 15) is 19.1 Å². The fourth-order valence-electron chi connectivity index (χ4n) is 2.16. The highest BCUT2D eigenvalue weighted by molar-refractivity contribution is 5.96. The van der Waals surface area contributed by atoms with Crippen LogP contribution in [0, 0.1) is 5.82 Å². The molecule has 0 aromatic heterocycles. The fraction of sp³-hybridized carbons (Fsp3) is 0.429. The summed E-state index contributed by atoms with van der Waals surface area (Å²) in [4.78, 5) is 26.8. The summed E-state index contributed by atoms with van der Waals surface area (Å²) in [6, 6.07) is 3.29. The number of hydrogen-bond donors (Lipinski definition) is 1. The Morgan fingerprint density at radius 1 is 1.24 bits per heavy atom. The third-order valence-corrected chi connectivity index (χ3v) is 3.28. The third kappa shape index (κ3) is 3.42. The first kappa shape index (κ1) is 15.1. The molecule has 2 amide bonds. The molecular formula is C14H17FN2O4. The number of amides is 2. The monoisotopic (exact) mass is 296 g/mol. The molecule has 1 saturated heterocycles. The van der Waals surface area contributed by atoms with Crippen molar-refractivity contribution in [3.63, 3.8) is 0 Å². The summed E-state index contributed by atoms with van der Waals surface area (Å²) >= 11 is 0. The summed E-state index contributed by atoms with van der Waals surface area (Å²) in [6.45, 7) is 3.46. The molecule has 1 N–H and O–H groups in total. The number of phenols is 1. The van der Waals surface area contributed by atoms with Crippen LogP contribution >= 0.6 is 0 Å². The average molecular weight is 296 g/mol. The van der Waals surface area contributed by atoms with E-state index in [1.54, 1.807) is 6.92 Å². The van der Waals surface area contributed by atoms with Gasteiger partial charge in [-0.3, -0.25) is 4.79 Å². The van der Waals surface area contributed by atoms with Crippen LogP contribution in [0.1, 0.15) is 17.3 Å². The van der Waals surface area contributed by atoms with Crippen LogP contribution in [-0.4, -0.2) is 59.7 Å². The Morgan fingerprint density at radius 2 is 1.86 bits per heavy atom. The molecule has 0 atom stereocenters.